The van der Waals surface area contributed by atoms with Crippen LogP contribution in [0.1, 0.15) is 46.8 Å². The Morgan fingerprint density at radius 3 is 2.44 bits per heavy atom. The highest BCUT2D eigenvalue weighted by atomic mass is 32.2. The molecule has 1 fully saturated rings. The fourth-order valence-corrected chi connectivity index (χ4v) is 4.09. The zero-order chi connectivity index (χ0) is 19.7. The summed E-state index contributed by atoms with van der Waals surface area (Å²) in [7, 11) is 0. The number of thioether (sulfide) groups is 1. The van der Waals surface area contributed by atoms with E-state index in [1.165, 1.54) is 28.3 Å². The van der Waals surface area contributed by atoms with Crippen LogP contribution in [-0.2, 0) is 4.79 Å². The number of rotatable bonds is 4. The highest BCUT2D eigenvalue weighted by Crippen LogP contribution is 2.36. The average Bonchev–Trinajstić information content (AvgIpc) is 2.89. The van der Waals surface area contributed by atoms with E-state index in [1.54, 1.807) is 25.1 Å². The molecule has 1 heterocycles. The van der Waals surface area contributed by atoms with Crippen molar-refractivity contribution in [2.24, 2.45) is 0 Å². The predicted molar refractivity (Wildman–Crippen MR) is 112 cm³/mol. The van der Waals surface area contributed by atoms with Crippen LogP contribution >= 0.6 is 24.0 Å². The third-order valence-electron chi connectivity index (χ3n) is 4.39. The number of carboxylic acids is 1. The van der Waals surface area contributed by atoms with E-state index < -0.39 is 5.97 Å². The Bertz CT molecular complexity index is 962. The summed E-state index contributed by atoms with van der Waals surface area (Å²) < 4.78 is 0.373. The minimum atomic E-state index is -1.28. The van der Waals surface area contributed by atoms with E-state index in [9.17, 15) is 14.7 Å². The van der Waals surface area contributed by atoms with Crippen LogP contribution in [-0.4, -0.2) is 16.2 Å². The number of amides is 1. The number of anilines is 1. The van der Waals surface area contributed by atoms with E-state index >= 15 is 0 Å². The maximum atomic E-state index is 12.8. The lowest BCUT2D eigenvalue weighted by molar-refractivity contribution is -0.255. The predicted octanol–water partition coefficient (Wildman–Crippen LogP) is 3.89. The van der Waals surface area contributed by atoms with Crippen LogP contribution in [0.2, 0.25) is 0 Å². The first-order valence-electron chi connectivity index (χ1n) is 8.48. The second-order valence-electron chi connectivity index (χ2n) is 6.63. The first-order chi connectivity index (χ1) is 12.8. The molecule has 0 N–H and O–H groups in total. The van der Waals surface area contributed by atoms with Crippen molar-refractivity contribution in [3.63, 3.8) is 0 Å². The first kappa shape index (κ1) is 19.3. The minimum absolute atomic E-state index is 0.0507. The molecule has 1 saturated heterocycles. The van der Waals surface area contributed by atoms with Gasteiger partial charge < -0.3 is 9.90 Å². The van der Waals surface area contributed by atoms with Gasteiger partial charge in [0, 0.05) is 5.56 Å². The molecule has 0 bridgehead atoms. The van der Waals surface area contributed by atoms with E-state index in [2.05, 4.69) is 13.8 Å². The molecular weight excluding hydrogens is 378 g/mol. The molecule has 1 amide bonds. The van der Waals surface area contributed by atoms with Gasteiger partial charge in [-0.1, -0.05) is 68.2 Å². The Morgan fingerprint density at radius 1 is 1.19 bits per heavy atom. The van der Waals surface area contributed by atoms with Crippen LogP contribution in [0.5, 0.6) is 0 Å². The van der Waals surface area contributed by atoms with Crippen molar-refractivity contribution in [1.29, 1.82) is 0 Å². The molecule has 0 spiro atoms. The van der Waals surface area contributed by atoms with Crippen LogP contribution in [0.3, 0.4) is 0 Å². The molecule has 1 aliphatic rings. The molecule has 2 aromatic rings. The number of aryl methyl sites for hydroxylation is 1. The molecule has 0 aromatic heterocycles. The van der Waals surface area contributed by atoms with Gasteiger partial charge >= 0.3 is 0 Å². The fraction of sp³-hybridized carbons (Fsp3) is 0.190. The van der Waals surface area contributed by atoms with Crippen LogP contribution in [0, 0.1) is 6.92 Å². The summed E-state index contributed by atoms with van der Waals surface area (Å²) in [4.78, 5) is 26.0. The molecule has 0 atom stereocenters. The normalized spacial score (nSPS) is 15.9. The third-order valence-corrected chi connectivity index (χ3v) is 5.70. The topological polar surface area (TPSA) is 60.4 Å². The first-order valence-corrected chi connectivity index (χ1v) is 9.70. The number of benzene rings is 2. The number of aromatic carboxylic acids is 1. The Hall–Kier alpha value is -2.44. The van der Waals surface area contributed by atoms with Crippen molar-refractivity contribution in [3.8, 4) is 0 Å². The van der Waals surface area contributed by atoms with Gasteiger partial charge in [-0.05, 0) is 47.7 Å². The van der Waals surface area contributed by atoms with Gasteiger partial charge in [0.1, 0.15) is 0 Å². The molecule has 0 aliphatic carbocycles. The lowest BCUT2D eigenvalue weighted by atomic mass is 10.0. The Labute approximate surface area is 167 Å². The van der Waals surface area contributed by atoms with Gasteiger partial charge in [-0.2, -0.15) is 0 Å². The zero-order valence-electron chi connectivity index (χ0n) is 15.2. The van der Waals surface area contributed by atoms with Crippen molar-refractivity contribution in [2.45, 2.75) is 26.7 Å². The molecule has 4 nitrogen and oxygen atoms in total. The summed E-state index contributed by atoms with van der Waals surface area (Å²) in [6, 6.07) is 12.8. The molecule has 27 heavy (non-hydrogen) atoms. The largest absolute Gasteiger partial charge is 0.545 e. The van der Waals surface area contributed by atoms with Crippen LogP contribution in [0.25, 0.3) is 6.08 Å². The van der Waals surface area contributed by atoms with E-state index in [1.807, 2.05) is 24.3 Å². The Kier molecular flexibility index (Phi) is 5.48. The maximum Gasteiger partial charge on any atom is 0.270 e. The van der Waals surface area contributed by atoms with Gasteiger partial charge in [-0.3, -0.25) is 9.69 Å². The summed E-state index contributed by atoms with van der Waals surface area (Å²) in [6.07, 6.45) is 1.80. The molecule has 2 aromatic carbocycles. The molecule has 0 unspecified atom stereocenters. The minimum Gasteiger partial charge on any atom is -0.545 e. The van der Waals surface area contributed by atoms with E-state index in [0.717, 1.165) is 5.56 Å². The van der Waals surface area contributed by atoms with Gasteiger partial charge in [0.05, 0.1) is 16.6 Å². The van der Waals surface area contributed by atoms with Crippen LogP contribution in [0.4, 0.5) is 5.69 Å². The summed E-state index contributed by atoms with van der Waals surface area (Å²) in [6.45, 7) is 5.94. The molecule has 138 valence electrons. The summed E-state index contributed by atoms with van der Waals surface area (Å²) >= 11 is 6.56. The van der Waals surface area contributed by atoms with Crippen molar-refractivity contribution in [3.05, 3.63) is 69.6 Å². The molecule has 0 radical (unpaired) electrons. The number of thiocarbonyl (C=S) groups is 1. The maximum absolute atomic E-state index is 12.8. The number of carbonyl (C=O) groups is 2. The average molecular weight is 397 g/mol. The van der Waals surface area contributed by atoms with E-state index in [0.29, 0.717) is 26.4 Å². The lowest BCUT2D eigenvalue weighted by Gasteiger charge is -2.17. The molecule has 0 saturated carbocycles. The second-order valence-corrected chi connectivity index (χ2v) is 8.30. The molecule has 1 aliphatic heterocycles. The Morgan fingerprint density at radius 2 is 1.85 bits per heavy atom. The van der Waals surface area contributed by atoms with Crippen molar-refractivity contribution in [1.82, 2.24) is 0 Å². The third kappa shape index (κ3) is 3.96. The van der Waals surface area contributed by atoms with Crippen LogP contribution < -0.4 is 10.0 Å². The number of carbonyl (C=O) groups excluding carboxylic acids is 2. The summed E-state index contributed by atoms with van der Waals surface area (Å²) in [5.74, 6) is -1.09. The van der Waals surface area contributed by atoms with Crippen molar-refractivity contribution in [2.75, 3.05) is 4.90 Å². The Balaban J connectivity index is 1.91. The van der Waals surface area contributed by atoms with Gasteiger partial charge in [0.25, 0.3) is 5.91 Å². The highest BCUT2D eigenvalue weighted by molar-refractivity contribution is 8.27. The van der Waals surface area contributed by atoms with Crippen LogP contribution in [0.15, 0.2) is 47.4 Å². The zero-order valence-corrected chi connectivity index (χ0v) is 16.8. The number of hydrogen-bond acceptors (Lipinski definition) is 5. The summed E-state index contributed by atoms with van der Waals surface area (Å²) in [5, 5.41) is 11.3. The molecular formula is C21H18NO3S2-. The van der Waals surface area contributed by atoms with Gasteiger partial charge in [-0.15, -0.1) is 0 Å². The second kappa shape index (κ2) is 7.66. The van der Waals surface area contributed by atoms with Gasteiger partial charge in [0.15, 0.2) is 4.32 Å². The quantitative estimate of drug-likeness (QED) is 0.580. The molecule has 3 rings (SSSR count). The highest BCUT2D eigenvalue weighted by Gasteiger charge is 2.33. The fourth-order valence-electron chi connectivity index (χ4n) is 2.79. The van der Waals surface area contributed by atoms with Gasteiger partial charge in [0.2, 0.25) is 0 Å². The monoisotopic (exact) mass is 396 g/mol. The standard InChI is InChI=1S/C21H19NO3S2/c1-12(2)15-7-5-14(6-8-15)10-18-19(23)22(21(26)27-18)16-9-4-13(3)17(11-16)20(24)25/h4-12H,1-3H3,(H,24,25)/p-1/b18-10-. The lowest BCUT2D eigenvalue weighted by Crippen LogP contribution is -2.29. The summed E-state index contributed by atoms with van der Waals surface area (Å²) in [5.41, 5.74) is 3.20. The number of hydrogen-bond donors (Lipinski definition) is 0. The van der Waals surface area contributed by atoms with Crippen molar-refractivity contribution < 1.29 is 14.7 Å². The number of carboxylic acid groups (broad SMARTS) is 1. The number of nitrogens with zero attached hydrogens (tertiary/aromatic N) is 1. The SMILES string of the molecule is Cc1ccc(N2C(=O)/C(=C/c3ccc(C(C)C)cc3)SC2=S)cc1C(=O)[O-]. The van der Waals surface area contributed by atoms with E-state index in [-0.39, 0.29) is 11.5 Å². The van der Waals surface area contributed by atoms with Gasteiger partial charge in [-0.25, -0.2) is 0 Å². The van der Waals surface area contributed by atoms with E-state index in [4.69, 9.17) is 12.2 Å². The van der Waals surface area contributed by atoms with Crippen molar-refractivity contribution >= 4 is 51.9 Å². The molecule has 6 heteroatoms. The smallest absolute Gasteiger partial charge is 0.270 e.